The molecule has 0 bridgehead atoms. The first-order chi connectivity index (χ1) is 14.3. The zero-order chi connectivity index (χ0) is 21.7. The van der Waals surface area contributed by atoms with E-state index in [9.17, 15) is 18.3 Å². The summed E-state index contributed by atoms with van der Waals surface area (Å²) in [4.78, 5) is 16.7. The lowest BCUT2D eigenvalue weighted by Crippen LogP contribution is -2.50. The fourth-order valence-corrected chi connectivity index (χ4v) is 4.64. The summed E-state index contributed by atoms with van der Waals surface area (Å²) >= 11 is 0. The fourth-order valence-electron chi connectivity index (χ4n) is 3.12. The SMILES string of the molecule is CC[C@H](NC(=O)[C@@H](N)CS(=O)(=O)Cc1ccccc1)C(O)c1nc2ccccc2o1.Cl. The van der Waals surface area contributed by atoms with Gasteiger partial charge < -0.3 is 20.6 Å². The third-order valence-corrected chi connectivity index (χ3v) is 6.35. The Morgan fingerprint density at radius 1 is 1.16 bits per heavy atom. The number of sulfone groups is 1. The number of nitrogens with one attached hydrogen (secondary N) is 1. The highest BCUT2D eigenvalue weighted by molar-refractivity contribution is 7.90. The van der Waals surface area contributed by atoms with Crippen LogP contribution in [0.3, 0.4) is 0 Å². The minimum atomic E-state index is -3.59. The molecular formula is C21H26ClN3O5S. The smallest absolute Gasteiger partial charge is 0.238 e. The summed E-state index contributed by atoms with van der Waals surface area (Å²) in [5.41, 5.74) is 7.59. The van der Waals surface area contributed by atoms with Crippen molar-refractivity contribution >= 4 is 39.3 Å². The lowest BCUT2D eigenvalue weighted by molar-refractivity contribution is -0.123. The van der Waals surface area contributed by atoms with E-state index in [2.05, 4.69) is 10.3 Å². The lowest BCUT2D eigenvalue weighted by Gasteiger charge is -2.22. The molecule has 3 rings (SSSR count). The number of rotatable bonds is 9. The van der Waals surface area contributed by atoms with E-state index < -0.39 is 39.7 Å². The number of nitrogens with zero attached hydrogens (tertiary/aromatic N) is 1. The highest BCUT2D eigenvalue weighted by Gasteiger charge is 2.29. The first-order valence-corrected chi connectivity index (χ1v) is 11.4. The van der Waals surface area contributed by atoms with Gasteiger partial charge in [-0.1, -0.05) is 49.4 Å². The zero-order valence-electron chi connectivity index (χ0n) is 17.0. The second kappa shape index (κ2) is 10.7. The standard InChI is InChI=1S/C21H25N3O5S.ClH/c1-2-16(19(25)21-24-17-10-6-7-11-18(17)29-21)23-20(26)15(22)13-30(27,28)12-14-8-4-3-5-9-14;/h3-11,15-16,19,25H,2,12-13,22H2,1H3,(H,23,26);1H/t15-,16-,19?;/m0./s1. The minimum absolute atomic E-state index is 0. The summed E-state index contributed by atoms with van der Waals surface area (Å²) in [5, 5.41) is 13.2. The van der Waals surface area contributed by atoms with E-state index in [4.69, 9.17) is 10.2 Å². The number of aliphatic hydroxyl groups excluding tert-OH is 1. The molecule has 0 spiro atoms. The number of amides is 1. The van der Waals surface area contributed by atoms with Crippen LogP contribution < -0.4 is 11.1 Å². The summed E-state index contributed by atoms with van der Waals surface area (Å²) in [7, 11) is -3.59. The van der Waals surface area contributed by atoms with Crippen molar-refractivity contribution in [1.82, 2.24) is 10.3 Å². The number of nitrogens with two attached hydrogens (primary N) is 1. The Morgan fingerprint density at radius 2 is 1.81 bits per heavy atom. The molecule has 3 atom stereocenters. The van der Waals surface area contributed by atoms with Gasteiger partial charge in [0.2, 0.25) is 11.8 Å². The minimum Gasteiger partial charge on any atom is -0.438 e. The van der Waals surface area contributed by atoms with Crippen molar-refractivity contribution in [3.05, 3.63) is 66.1 Å². The Bertz CT molecular complexity index is 1070. The van der Waals surface area contributed by atoms with Crippen LogP contribution in [0, 0.1) is 0 Å². The van der Waals surface area contributed by atoms with Crippen LogP contribution in [0.5, 0.6) is 0 Å². The Morgan fingerprint density at radius 3 is 2.45 bits per heavy atom. The Labute approximate surface area is 187 Å². The molecule has 31 heavy (non-hydrogen) atoms. The quantitative estimate of drug-likeness (QED) is 0.438. The second-order valence-electron chi connectivity index (χ2n) is 7.13. The van der Waals surface area contributed by atoms with Gasteiger partial charge in [0, 0.05) is 0 Å². The summed E-state index contributed by atoms with van der Waals surface area (Å²) in [6.07, 6.45) is -0.825. The van der Waals surface area contributed by atoms with Crippen LogP contribution in [0.1, 0.15) is 30.9 Å². The van der Waals surface area contributed by atoms with Gasteiger partial charge in [-0.2, -0.15) is 0 Å². The highest BCUT2D eigenvalue weighted by Crippen LogP contribution is 2.23. The first kappa shape index (κ1) is 24.8. The van der Waals surface area contributed by atoms with E-state index >= 15 is 0 Å². The number of benzene rings is 2. The number of oxazole rings is 1. The highest BCUT2D eigenvalue weighted by atomic mass is 35.5. The predicted molar refractivity (Wildman–Crippen MR) is 120 cm³/mol. The number of aromatic nitrogens is 1. The van der Waals surface area contributed by atoms with Gasteiger partial charge in [-0.3, -0.25) is 4.79 Å². The molecule has 0 aliphatic rings. The monoisotopic (exact) mass is 467 g/mol. The fraction of sp³-hybridized carbons (Fsp3) is 0.333. The molecule has 0 aliphatic carbocycles. The van der Waals surface area contributed by atoms with Crippen LogP contribution >= 0.6 is 12.4 Å². The summed E-state index contributed by atoms with van der Waals surface area (Å²) in [5.74, 6) is -1.27. The molecule has 10 heteroatoms. The van der Waals surface area contributed by atoms with Crippen molar-refractivity contribution in [2.75, 3.05) is 5.75 Å². The number of para-hydroxylation sites is 2. The average Bonchev–Trinajstić information content (AvgIpc) is 3.15. The van der Waals surface area contributed by atoms with E-state index in [-0.39, 0.29) is 24.1 Å². The Hall–Kier alpha value is -2.46. The number of halogens is 1. The summed E-state index contributed by atoms with van der Waals surface area (Å²) in [6, 6.07) is 13.8. The molecule has 1 aromatic heterocycles. The van der Waals surface area contributed by atoms with E-state index in [1.54, 1.807) is 61.5 Å². The number of hydrogen-bond acceptors (Lipinski definition) is 7. The third-order valence-electron chi connectivity index (χ3n) is 4.71. The number of carbonyl (C=O) groups is 1. The average molecular weight is 468 g/mol. The van der Waals surface area contributed by atoms with Gasteiger partial charge in [-0.15, -0.1) is 12.4 Å². The molecule has 2 aromatic carbocycles. The molecule has 0 saturated heterocycles. The van der Waals surface area contributed by atoms with Crippen LogP contribution in [0.15, 0.2) is 59.0 Å². The van der Waals surface area contributed by atoms with Crippen LogP contribution in [-0.2, 0) is 20.4 Å². The molecule has 0 radical (unpaired) electrons. The maximum atomic E-state index is 12.5. The maximum absolute atomic E-state index is 12.5. The van der Waals surface area contributed by atoms with Gasteiger partial charge in [-0.05, 0) is 24.1 Å². The van der Waals surface area contributed by atoms with Gasteiger partial charge in [-0.25, -0.2) is 13.4 Å². The van der Waals surface area contributed by atoms with Crippen molar-refractivity contribution in [2.24, 2.45) is 5.73 Å². The number of fused-ring (bicyclic) bond motifs is 1. The van der Waals surface area contributed by atoms with Crippen LogP contribution in [0.2, 0.25) is 0 Å². The second-order valence-corrected chi connectivity index (χ2v) is 9.24. The number of carbonyl (C=O) groups excluding carboxylic acids is 1. The third kappa shape index (κ3) is 6.51. The summed E-state index contributed by atoms with van der Waals surface area (Å²) in [6.45, 7) is 1.77. The van der Waals surface area contributed by atoms with Crippen molar-refractivity contribution < 1.29 is 22.7 Å². The Kier molecular flexibility index (Phi) is 8.58. The Balaban J connectivity index is 0.00000341. The molecule has 8 nitrogen and oxygen atoms in total. The van der Waals surface area contributed by atoms with Crippen molar-refractivity contribution in [3.63, 3.8) is 0 Å². The van der Waals surface area contributed by atoms with Gasteiger partial charge in [0.25, 0.3) is 0 Å². The normalized spacial score (nSPS) is 14.4. The largest absolute Gasteiger partial charge is 0.438 e. The first-order valence-electron chi connectivity index (χ1n) is 9.63. The van der Waals surface area contributed by atoms with Crippen LogP contribution in [0.4, 0.5) is 0 Å². The van der Waals surface area contributed by atoms with E-state index in [1.807, 2.05) is 0 Å². The molecular weight excluding hydrogens is 442 g/mol. The maximum Gasteiger partial charge on any atom is 0.238 e. The number of hydrogen-bond donors (Lipinski definition) is 3. The van der Waals surface area contributed by atoms with Crippen LogP contribution in [0.25, 0.3) is 11.1 Å². The lowest BCUT2D eigenvalue weighted by atomic mass is 10.1. The van der Waals surface area contributed by atoms with E-state index in [1.165, 1.54) is 0 Å². The zero-order valence-corrected chi connectivity index (χ0v) is 18.6. The molecule has 4 N–H and O–H groups in total. The van der Waals surface area contributed by atoms with E-state index in [0.29, 0.717) is 23.1 Å². The van der Waals surface area contributed by atoms with Gasteiger partial charge in [0.15, 0.2) is 21.5 Å². The molecule has 3 aromatic rings. The van der Waals surface area contributed by atoms with Gasteiger partial charge in [0.1, 0.15) is 5.52 Å². The topological polar surface area (TPSA) is 136 Å². The molecule has 0 fully saturated rings. The molecule has 0 saturated carbocycles. The molecule has 0 aliphatic heterocycles. The molecule has 1 heterocycles. The number of aliphatic hydroxyl groups is 1. The van der Waals surface area contributed by atoms with E-state index in [0.717, 1.165) is 0 Å². The van der Waals surface area contributed by atoms with Crippen molar-refractivity contribution in [3.8, 4) is 0 Å². The van der Waals surface area contributed by atoms with Crippen molar-refractivity contribution in [1.29, 1.82) is 0 Å². The van der Waals surface area contributed by atoms with Gasteiger partial charge in [0.05, 0.1) is 23.6 Å². The molecule has 1 amide bonds. The predicted octanol–water partition coefficient (Wildman–Crippen LogP) is 2.12. The molecule has 1 unspecified atom stereocenters. The molecule has 168 valence electrons. The van der Waals surface area contributed by atoms with Gasteiger partial charge >= 0.3 is 0 Å². The summed E-state index contributed by atoms with van der Waals surface area (Å²) < 4.78 is 30.3. The van der Waals surface area contributed by atoms with Crippen molar-refractivity contribution in [2.45, 2.75) is 37.3 Å². The van der Waals surface area contributed by atoms with Crippen LogP contribution in [-0.4, -0.2) is 42.3 Å².